The Kier molecular flexibility index (Phi) is 4.89. The number of rotatable bonds is 2. The zero-order valence-corrected chi connectivity index (χ0v) is 17.1. The number of nitrogens with zero attached hydrogens (tertiary/aromatic N) is 5. The van der Waals surface area contributed by atoms with Crippen molar-refractivity contribution in [2.45, 2.75) is 58.4 Å². The van der Waals surface area contributed by atoms with Crippen molar-refractivity contribution in [2.75, 3.05) is 31.1 Å². The first-order valence-corrected chi connectivity index (χ1v) is 10.4. The first-order chi connectivity index (χ1) is 13.3. The van der Waals surface area contributed by atoms with Gasteiger partial charge in [-0.2, -0.15) is 10.1 Å². The van der Waals surface area contributed by atoms with E-state index in [1.807, 2.05) is 25.7 Å². The second-order valence-corrected chi connectivity index (χ2v) is 9.00. The minimum Gasteiger partial charge on any atom is -0.339 e. The van der Waals surface area contributed by atoms with E-state index in [1.54, 1.807) is 10.9 Å². The molecular weight excluding hydrogens is 356 g/mol. The van der Waals surface area contributed by atoms with Crippen LogP contribution in [0.15, 0.2) is 11.0 Å². The molecule has 152 valence electrons. The standard InChI is InChI=1S/C20H30N6O2/c1-20(2,3)26-16-15(13-21-26)17(27)23-19(22-16)25-11-9-24(10-12-25)18(28)14-7-5-4-6-8-14/h13-14H,4-12H2,1-3H3,(H,22,23,27). The summed E-state index contributed by atoms with van der Waals surface area (Å²) in [4.78, 5) is 36.9. The maximum atomic E-state index is 12.8. The van der Waals surface area contributed by atoms with Crippen molar-refractivity contribution < 1.29 is 4.79 Å². The summed E-state index contributed by atoms with van der Waals surface area (Å²) in [6.45, 7) is 8.82. The molecule has 1 saturated carbocycles. The van der Waals surface area contributed by atoms with Crippen LogP contribution in [0.5, 0.6) is 0 Å². The van der Waals surface area contributed by atoms with Gasteiger partial charge in [0.1, 0.15) is 5.39 Å². The molecule has 1 amide bonds. The van der Waals surface area contributed by atoms with Crippen LogP contribution >= 0.6 is 0 Å². The molecule has 2 aromatic rings. The molecule has 0 spiro atoms. The molecule has 0 aromatic carbocycles. The molecule has 0 bridgehead atoms. The molecule has 8 nitrogen and oxygen atoms in total. The first-order valence-electron chi connectivity index (χ1n) is 10.4. The van der Waals surface area contributed by atoms with E-state index in [1.165, 1.54) is 19.3 Å². The zero-order valence-electron chi connectivity index (χ0n) is 17.1. The molecule has 0 atom stereocenters. The summed E-state index contributed by atoms with van der Waals surface area (Å²) in [5.74, 6) is 1.08. The lowest BCUT2D eigenvalue weighted by Gasteiger charge is -2.37. The van der Waals surface area contributed by atoms with E-state index in [4.69, 9.17) is 4.98 Å². The largest absolute Gasteiger partial charge is 0.339 e. The second kappa shape index (κ2) is 7.22. The van der Waals surface area contributed by atoms with Gasteiger partial charge < -0.3 is 9.80 Å². The molecule has 1 aliphatic carbocycles. The maximum Gasteiger partial charge on any atom is 0.263 e. The van der Waals surface area contributed by atoms with Gasteiger partial charge in [0, 0.05) is 32.1 Å². The zero-order chi connectivity index (χ0) is 19.9. The highest BCUT2D eigenvalue weighted by molar-refractivity contribution is 5.79. The van der Waals surface area contributed by atoms with Gasteiger partial charge in [-0.3, -0.25) is 14.6 Å². The van der Waals surface area contributed by atoms with Crippen molar-refractivity contribution in [2.24, 2.45) is 5.92 Å². The summed E-state index contributed by atoms with van der Waals surface area (Å²) in [6, 6.07) is 0. The fourth-order valence-corrected chi connectivity index (χ4v) is 4.29. The van der Waals surface area contributed by atoms with Crippen LogP contribution in [-0.2, 0) is 10.3 Å². The molecule has 1 saturated heterocycles. The van der Waals surface area contributed by atoms with Crippen molar-refractivity contribution in [1.82, 2.24) is 24.6 Å². The minimum atomic E-state index is -0.259. The number of hydrogen-bond acceptors (Lipinski definition) is 5. The molecule has 2 fully saturated rings. The molecule has 1 aliphatic heterocycles. The van der Waals surface area contributed by atoms with Gasteiger partial charge in [0.25, 0.3) is 5.56 Å². The van der Waals surface area contributed by atoms with Gasteiger partial charge in [-0.15, -0.1) is 0 Å². The predicted octanol–water partition coefficient (Wildman–Crippen LogP) is 2.10. The quantitative estimate of drug-likeness (QED) is 0.854. The van der Waals surface area contributed by atoms with Crippen molar-refractivity contribution in [3.05, 3.63) is 16.6 Å². The molecule has 3 heterocycles. The average Bonchev–Trinajstić information content (AvgIpc) is 3.13. The number of amides is 1. The number of carbonyl (C=O) groups is 1. The summed E-state index contributed by atoms with van der Waals surface area (Å²) in [6.07, 6.45) is 7.23. The van der Waals surface area contributed by atoms with Gasteiger partial charge >= 0.3 is 0 Å². The first kappa shape index (κ1) is 19.0. The summed E-state index contributed by atoms with van der Waals surface area (Å²) < 4.78 is 1.80. The number of H-pyrrole nitrogens is 1. The fourth-order valence-electron chi connectivity index (χ4n) is 4.29. The highest BCUT2D eigenvalue weighted by Gasteiger charge is 2.29. The van der Waals surface area contributed by atoms with Crippen molar-refractivity contribution >= 4 is 22.9 Å². The molecule has 2 aromatic heterocycles. The van der Waals surface area contributed by atoms with Gasteiger partial charge in [-0.05, 0) is 33.6 Å². The Hall–Kier alpha value is -2.38. The van der Waals surface area contributed by atoms with E-state index in [9.17, 15) is 9.59 Å². The fraction of sp³-hybridized carbons (Fsp3) is 0.700. The van der Waals surface area contributed by atoms with Crippen LogP contribution in [-0.4, -0.2) is 56.7 Å². The Bertz CT molecular complexity index is 911. The molecule has 0 unspecified atom stereocenters. The van der Waals surface area contributed by atoms with Gasteiger partial charge in [0.2, 0.25) is 11.9 Å². The Labute approximate surface area is 164 Å². The minimum absolute atomic E-state index is 0.170. The van der Waals surface area contributed by atoms with Crippen LogP contribution < -0.4 is 10.5 Å². The molecule has 28 heavy (non-hydrogen) atoms. The van der Waals surface area contributed by atoms with Crippen molar-refractivity contribution in [3.8, 4) is 0 Å². The average molecular weight is 387 g/mol. The van der Waals surface area contributed by atoms with E-state index < -0.39 is 0 Å². The Morgan fingerprint density at radius 2 is 1.79 bits per heavy atom. The summed E-state index contributed by atoms with van der Waals surface area (Å²) in [5.41, 5.74) is 0.174. The molecule has 8 heteroatoms. The molecule has 2 aliphatic rings. The van der Waals surface area contributed by atoms with Crippen LogP contribution in [0.4, 0.5) is 5.95 Å². The Balaban J connectivity index is 1.51. The summed E-state index contributed by atoms with van der Waals surface area (Å²) in [5, 5.41) is 4.87. The van der Waals surface area contributed by atoms with Crippen LogP contribution in [0.25, 0.3) is 11.0 Å². The van der Waals surface area contributed by atoms with Crippen LogP contribution in [0.2, 0.25) is 0 Å². The normalized spacial score (nSPS) is 19.4. The number of anilines is 1. The summed E-state index contributed by atoms with van der Waals surface area (Å²) >= 11 is 0. The van der Waals surface area contributed by atoms with Gasteiger partial charge in [0.15, 0.2) is 5.65 Å². The van der Waals surface area contributed by atoms with Crippen molar-refractivity contribution in [3.63, 3.8) is 0 Å². The maximum absolute atomic E-state index is 12.8. The van der Waals surface area contributed by atoms with E-state index >= 15 is 0 Å². The third-order valence-corrected chi connectivity index (χ3v) is 5.91. The number of fused-ring (bicyclic) bond motifs is 1. The van der Waals surface area contributed by atoms with E-state index in [2.05, 4.69) is 15.0 Å². The highest BCUT2D eigenvalue weighted by atomic mass is 16.2. The topological polar surface area (TPSA) is 87.1 Å². The van der Waals surface area contributed by atoms with E-state index in [0.717, 1.165) is 12.8 Å². The third kappa shape index (κ3) is 3.52. The second-order valence-electron chi connectivity index (χ2n) is 9.00. The van der Waals surface area contributed by atoms with Crippen LogP contribution in [0, 0.1) is 5.92 Å². The number of carbonyl (C=O) groups excluding carboxylic acids is 1. The lowest BCUT2D eigenvalue weighted by Crippen LogP contribution is -2.51. The summed E-state index contributed by atoms with van der Waals surface area (Å²) in [7, 11) is 0. The molecule has 1 N–H and O–H groups in total. The van der Waals surface area contributed by atoms with Crippen LogP contribution in [0.3, 0.4) is 0 Å². The molecule has 4 rings (SSSR count). The number of piperazine rings is 1. The third-order valence-electron chi connectivity index (χ3n) is 5.91. The number of aromatic nitrogens is 4. The number of aromatic amines is 1. The van der Waals surface area contributed by atoms with Gasteiger partial charge in [-0.25, -0.2) is 4.68 Å². The lowest BCUT2D eigenvalue weighted by atomic mass is 9.88. The lowest BCUT2D eigenvalue weighted by molar-refractivity contribution is -0.136. The Morgan fingerprint density at radius 3 is 2.43 bits per heavy atom. The van der Waals surface area contributed by atoms with Crippen molar-refractivity contribution in [1.29, 1.82) is 0 Å². The van der Waals surface area contributed by atoms with Gasteiger partial charge in [-0.1, -0.05) is 19.3 Å². The van der Waals surface area contributed by atoms with E-state index in [-0.39, 0.29) is 17.0 Å². The molecule has 0 radical (unpaired) electrons. The predicted molar refractivity (Wildman–Crippen MR) is 109 cm³/mol. The smallest absolute Gasteiger partial charge is 0.263 e. The number of nitrogens with one attached hydrogen (secondary N) is 1. The monoisotopic (exact) mass is 386 g/mol. The van der Waals surface area contributed by atoms with Gasteiger partial charge in [0.05, 0.1) is 11.7 Å². The molecular formula is C20H30N6O2. The Morgan fingerprint density at radius 1 is 1.11 bits per heavy atom. The van der Waals surface area contributed by atoms with E-state index in [0.29, 0.717) is 49.1 Å². The van der Waals surface area contributed by atoms with Crippen LogP contribution in [0.1, 0.15) is 52.9 Å². The highest BCUT2D eigenvalue weighted by Crippen LogP contribution is 2.26. The number of hydrogen-bond donors (Lipinski definition) is 1. The SMILES string of the molecule is CC(C)(C)n1ncc2c(=O)[nH]c(N3CCN(C(=O)C4CCCCC4)CC3)nc21.